The van der Waals surface area contributed by atoms with Crippen LogP contribution in [0.5, 0.6) is 0 Å². The summed E-state index contributed by atoms with van der Waals surface area (Å²) < 4.78 is 72.6. The smallest absolute Gasteiger partial charge is 0.349 e. The minimum Gasteiger partial charge on any atom is -0.349 e. The van der Waals surface area contributed by atoms with Crippen molar-refractivity contribution in [3.8, 4) is 11.5 Å². The molecule has 0 spiro atoms. The van der Waals surface area contributed by atoms with E-state index in [1.54, 1.807) is 36.1 Å². The molecule has 43 heavy (non-hydrogen) atoms. The second-order valence-electron chi connectivity index (χ2n) is 10.5. The van der Waals surface area contributed by atoms with Gasteiger partial charge < -0.3 is 14.7 Å². The Labute approximate surface area is 243 Å². The van der Waals surface area contributed by atoms with Crippen LogP contribution in [0.1, 0.15) is 58.7 Å². The van der Waals surface area contributed by atoms with Gasteiger partial charge in [0, 0.05) is 24.2 Å². The highest BCUT2D eigenvalue weighted by Gasteiger charge is 2.44. The summed E-state index contributed by atoms with van der Waals surface area (Å²) in [6, 6.07) is 13.8. The number of aromatic nitrogens is 2. The highest BCUT2D eigenvalue weighted by atomic mass is 19.4. The summed E-state index contributed by atoms with van der Waals surface area (Å²) >= 11 is 0. The Bertz CT molecular complexity index is 1630. The fraction of sp³-hybridized carbons (Fsp3) is 0.290. The number of nitrogens with zero attached hydrogens (tertiary/aromatic N) is 3. The van der Waals surface area contributed by atoms with Crippen LogP contribution < -0.4 is 5.32 Å². The van der Waals surface area contributed by atoms with Gasteiger partial charge in [-0.25, -0.2) is 8.78 Å². The molecule has 1 atom stereocenters. The van der Waals surface area contributed by atoms with Gasteiger partial charge in [0.1, 0.15) is 11.6 Å². The molecule has 0 aliphatic carbocycles. The molecule has 1 aromatic heterocycles. The van der Waals surface area contributed by atoms with Crippen molar-refractivity contribution in [1.82, 2.24) is 20.4 Å². The molecule has 2 heterocycles. The van der Waals surface area contributed by atoms with E-state index in [4.69, 9.17) is 4.52 Å². The third-order valence-electron chi connectivity index (χ3n) is 7.79. The Kier molecular flexibility index (Phi) is 8.04. The maximum atomic E-state index is 13.8. The number of benzene rings is 3. The van der Waals surface area contributed by atoms with Gasteiger partial charge in [-0.3, -0.25) is 9.59 Å². The van der Waals surface area contributed by atoms with Crippen molar-refractivity contribution in [1.29, 1.82) is 0 Å². The van der Waals surface area contributed by atoms with Crippen molar-refractivity contribution in [2.75, 3.05) is 13.1 Å². The molecule has 1 aliphatic heterocycles. The number of halogens is 5. The molecule has 4 aromatic rings. The first-order valence-corrected chi connectivity index (χ1v) is 13.5. The summed E-state index contributed by atoms with van der Waals surface area (Å²) in [4.78, 5) is 32.9. The van der Waals surface area contributed by atoms with Gasteiger partial charge in [-0.15, -0.1) is 0 Å². The number of aryl methyl sites for hydroxylation is 1. The van der Waals surface area contributed by atoms with Crippen LogP contribution in [0.15, 0.2) is 71.3 Å². The fourth-order valence-electron chi connectivity index (χ4n) is 5.31. The van der Waals surface area contributed by atoms with Crippen molar-refractivity contribution in [3.63, 3.8) is 0 Å². The van der Waals surface area contributed by atoms with E-state index in [9.17, 15) is 31.5 Å². The van der Waals surface area contributed by atoms with Gasteiger partial charge in [0.05, 0.1) is 17.0 Å². The Hall–Kier alpha value is -4.61. The zero-order chi connectivity index (χ0) is 30.9. The molecule has 0 radical (unpaired) electrons. The van der Waals surface area contributed by atoms with Gasteiger partial charge >= 0.3 is 6.18 Å². The first kappa shape index (κ1) is 29.9. The van der Waals surface area contributed by atoms with Crippen LogP contribution in [0, 0.1) is 18.6 Å². The predicted molar refractivity (Wildman–Crippen MR) is 146 cm³/mol. The van der Waals surface area contributed by atoms with Gasteiger partial charge in [0.2, 0.25) is 5.91 Å². The number of alkyl halides is 3. The molecule has 0 saturated carbocycles. The molecule has 7 nitrogen and oxygen atoms in total. The summed E-state index contributed by atoms with van der Waals surface area (Å²) in [5, 5.41) is 6.53. The van der Waals surface area contributed by atoms with Crippen LogP contribution in [0.4, 0.5) is 22.0 Å². The largest absolute Gasteiger partial charge is 0.419 e. The van der Waals surface area contributed by atoms with Gasteiger partial charge in [-0.2, -0.15) is 18.2 Å². The lowest BCUT2D eigenvalue weighted by Crippen LogP contribution is -2.53. The van der Waals surface area contributed by atoms with Crippen LogP contribution >= 0.6 is 0 Å². The molecule has 2 amide bonds. The van der Waals surface area contributed by atoms with Crippen LogP contribution in [-0.2, 0) is 16.4 Å². The number of carbonyl (C=O) groups excluding carboxylic acids is 2. The standard InChI is InChI=1S/C31H27F5N4O3/c1-18(22-7-12-26(33)25(17-22)31(34,35)36)37-29(42)30(23-8-10-24(32)11-9-23)13-15-40(16-14-30)28(41)21-5-3-20(4-6-21)27-38-19(2)39-43-27/h3-12,17-18H,13-16H2,1-2H3,(H,37,42). The van der Waals surface area contributed by atoms with Crippen molar-refractivity contribution in [3.05, 3.63) is 106 Å². The molecule has 5 rings (SSSR count). The molecule has 1 unspecified atom stereocenters. The van der Waals surface area contributed by atoms with E-state index >= 15 is 0 Å². The maximum absolute atomic E-state index is 13.8. The molecule has 1 saturated heterocycles. The van der Waals surface area contributed by atoms with Gasteiger partial charge in [0.25, 0.3) is 11.8 Å². The van der Waals surface area contributed by atoms with E-state index < -0.39 is 40.7 Å². The Balaban J connectivity index is 1.34. The lowest BCUT2D eigenvalue weighted by Gasteiger charge is -2.41. The number of rotatable bonds is 6. The predicted octanol–water partition coefficient (Wildman–Crippen LogP) is 6.39. The lowest BCUT2D eigenvalue weighted by atomic mass is 9.71. The first-order chi connectivity index (χ1) is 20.4. The summed E-state index contributed by atoms with van der Waals surface area (Å²) in [6.07, 6.45) is -4.54. The molecule has 1 aliphatic rings. The van der Waals surface area contributed by atoms with E-state index in [0.717, 1.165) is 6.07 Å². The molecular formula is C31H27F5N4O3. The number of piperidine rings is 1. The number of likely N-dealkylation sites (tertiary alicyclic amines) is 1. The maximum Gasteiger partial charge on any atom is 0.419 e. The molecule has 3 aromatic carbocycles. The average Bonchev–Trinajstić information content (AvgIpc) is 3.43. The molecule has 1 N–H and O–H groups in total. The monoisotopic (exact) mass is 598 g/mol. The second kappa shape index (κ2) is 11.6. The van der Waals surface area contributed by atoms with E-state index in [0.29, 0.717) is 34.5 Å². The number of amides is 2. The summed E-state index contributed by atoms with van der Waals surface area (Å²) in [7, 11) is 0. The van der Waals surface area contributed by atoms with E-state index in [1.165, 1.54) is 37.3 Å². The number of nitrogens with one attached hydrogen (secondary N) is 1. The quantitative estimate of drug-likeness (QED) is 0.260. The summed E-state index contributed by atoms with van der Waals surface area (Å²) in [5.41, 5.74) is -0.954. The van der Waals surface area contributed by atoms with Crippen molar-refractivity contribution >= 4 is 11.8 Å². The topological polar surface area (TPSA) is 88.3 Å². The Morgan fingerprint density at radius 1 is 0.977 bits per heavy atom. The molecule has 0 bridgehead atoms. The second-order valence-corrected chi connectivity index (χ2v) is 10.5. The van der Waals surface area contributed by atoms with E-state index in [-0.39, 0.29) is 37.4 Å². The van der Waals surface area contributed by atoms with Gasteiger partial charge in [-0.1, -0.05) is 23.4 Å². The molecule has 12 heteroatoms. The molecular weight excluding hydrogens is 571 g/mol. The first-order valence-electron chi connectivity index (χ1n) is 13.5. The zero-order valence-electron chi connectivity index (χ0n) is 23.2. The van der Waals surface area contributed by atoms with Crippen LogP contribution in [-0.4, -0.2) is 39.9 Å². The fourth-order valence-corrected chi connectivity index (χ4v) is 5.31. The Morgan fingerprint density at radius 3 is 2.21 bits per heavy atom. The summed E-state index contributed by atoms with van der Waals surface area (Å²) in [5.74, 6) is -1.83. The van der Waals surface area contributed by atoms with Crippen LogP contribution in [0.25, 0.3) is 11.5 Å². The molecule has 1 fully saturated rings. The zero-order valence-corrected chi connectivity index (χ0v) is 23.2. The van der Waals surface area contributed by atoms with Crippen molar-refractivity contribution < 1.29 is 36.1 Å². The van der Waals surface area contributed by atoms with Crippen molar-refractivity contribution in [2.45, 2.75) is 44.3 Å². The summed E-state index contributed by atoms with van der Waals surface area (Å²) in [6.45, 7) is 3.58. The number of hydrogen-bond acceptors (Lipinski definition) is 5. The normalized spacial score (nSPS) is 15.7. The number of carbonyl (C=O) groups is 2. The van der Waals surface area contributed by atoms with E-state index in [2.05, 4.69) is 15.5 Å². The van der Waals surface area contributed by atoms with Crippen molar-refractivity contribution in [2.24, 2.45) is 0 Å². The SMILES string of the molecule is Cc1noc(-c2ccc(C(=O)N3CCC(C(=O)NC(C)c4ccc(F)c(C(F)(F)F)c4)(c4ccc(F)cc4)CC3)cc2)n1. The molecule has 224 valence electrons. The average molecular weight is 599 g/mol. The van der Waals surface area contributed by atoms with Gasteiger partial charge in [0.15, 0.2) is 5.82 Å². The third kappa shape index (κ3) is 6.13. The van der Waals surface area contributed by atoms with Crippen LogP contribution in [0.3, 0.4) is 0 Å². The number of hydrogen-bond donors (Lipinski definition) is 1. The highest BCUT2D eigenvalue weighted by molar-refractivity contribution is 5.95. The van der Waals surface area contributed by atoms with E-state index in [1.807, 2.05) is 0 Å². The Morgan fingerprint density at radius 2 is 1.63 bits per heavy atom. The minimum absolute atomic E-state index is 0.0723. The lowest BCUT2D eigenvalue weighted by molar-refractivity contribution is -0.140. The van der Waals surface area contributed by atoms with Crippen LogP contribution in [0.2, 0.25) is 0 Å². The highest BCUT2D eigenvalue weighted by Crippen LogP contribution is 2.38. The van der Waals surface area contributed by atoms with Gasteiger partial charge in [-0.05, 0) is 86.3 Å². The third-order valence-corrected chi connectivity index (χ3v) is 7.79. The minimum atomic E-state index is -4.90.